The molecule has 3 saturated heterocycles. The third-order valence-electron chi connectivity index (χ3n) is 6.51. The van der Waals surface area contributed by atoms with E-state index in [-0.39, 0.29) is 6.09 Å². The van der Waals surface area contributed by atoms with Gasteiger partial charge in [-0.25, -0.2) is 4.79 Å². The summed E-state index contributed by atoms with van der Waals surface area (Å²) in [6.45, 7) is 8.19. The first kappa shape index (κ1) is 17.8. The largest absolute Gasteiger partial charge is 0.445 e. The number of ether oxygens (including phenoxy) is 1. The number of hydrogen-bond donors (Lipinski definition) is 1. The lowest BCUT2D eigenvalue weighted by atomic mass is 9.73. The summed E-state index contributed by atoms with van der Waals surface area (Å²) in [5.74, 6) is 0.724. The highest BCUT2D eigenvalue weighted by Gasteiger charge is 2.39. The van der Waals surface area contributed by atoms with E-state index in [0.717, 1.165) is 37.4 Å². The number of likely N-dealkylation sites (tertiary alicyclic amines) is 2. The first-order chi connectivity index (χ1) is 12.7. The summed E-state index contributed by atoms with van der Waals surface area (Å²) in [6.07, 6.45) is 4.74. The number of rotatable bonds is 4. The Labute approximate surface area is 156 Å². The third kappa shape index (κ3) is 4.21. The van der Waals surface area contributed by atoms with Gasteiger partial charge in [0.25, 0.3) is 0 Å². The molecule has 1 N–H and O–H groups in total. The summed E-state index contributed by atoms with van der Waals surface area (Å²) in [7, 11) is 0. The zero-order valence-corrected chi connectivity index (χ0v) is 15.7. The number of nitrogens with zero attached hydrogens (tertiary/aromatic N) is 2. The predicted octanol–water partition coefficient (Wildman–Crippen LogP) is 2.72. The van der Waals surface area contributed by atoms with Crippen molar-refractivity contribution in [3.05, 3.63) is 35.9 Å². The third-order valence-corrected chi connectivity index (χ3v) is 6.51. The zero-order chi connectivity index (χ0) is 17.8. The van der Waals surface area contributed by atoms with Crippen molar-refractivity contribution in [2.24, 2.45) is 11.3 Å². The molecule has 5 nitrogen and oxygen atoms in total. The van der Waals surface area contributed by atoms with Crippen molar-refractivity contribution in [2.45, 2.75) is 32.3 Å². The first-order valence-corrected chi connectivity index (χ1v) is 10.1. The van der Waals surface area contributed by atoms with Crippen molar-refractivity contribution < 1.29 is 9.53 Å². The van der Waals surface area contributed by atoms with E-state index >= 15 is 0 Å². The SMILES string of the molecule is O=C(OCc1ccccc1)N1CCC(CN2CCC3(CC2)CNC3)CC1. The molecule has 1 spiro atoms. The number of nitrogens with one attached hydrogen (secondary N) is 1. The number of amides is 1. The lowest BCUT2D eigenvalue weighted by Crippen LogP contribution is -2.58. The highest BCUT2D eigenvalue weighted by Crippen LogP contribution is 2.35. The van der Waals surface area contributed by atoms with Gasteiger partial charge in [-0.15, -0.1) is 0 Å². The molecule has 0 aliphatic carbocycles. The Hall–Kier alpha value is -1.59. The van der Waals surface area contributed by atoms with Crippen molar-refractivity contribution in [3.8, 4) is 0 Å². The molecule has 3 heterocycles. The van der Waals surface area contributed by atoms with Gasteiger partial charge in [0, 0.05) is 32.7 Å². The number of benzene rings is 1. The highest BCUT2D eigenvalue weighted by atomic mass is 16.6. The van der Waals surface area contributed by atoms with Crippen LogP contribution in [0.5, 0.6) is 0 Å². The molecule has 0 saturated carbocycles. The molecule has 3 aliphatic heterocycles. The van der Waals surface area contributed by atoms with Crippen LogP contribution < -0.4 is 5.32 Å². The molecule has 1 aromatic rings. The maximum atomic E-state index is 12.3. The van der Waals surface area contributed by atoms with Gasteiger partial charge in [-0.05, 0) is 55.7 Å². The van der Waals surface area contributed by atoms with Crippen LogP contribution in [0.3, 0.4) is 0 Å². The second-order valence-electron chi connectivity index (χ2n) is 8.37. The molecule has 3 fully saturated rings. The van der Waals surface area contributed by atoms with Crippen LogP contribution >= 0.6 is 0 Å². The second-order valence-corrected chi connectivity index (χ2v) is 8.37. The van der Waals surface area contributed by atoms with Crippen LogP contribution in [0, 0.1) is 11.3 Å². The van der Waals surface area contributed by atoms with Gasteiger partial charge in [0.05, 0.1) is 0 Å². The smallest absolute Gasteiger partial charge is 0.410 e. The maximum absolute atomic E-state index is 12.3. The molecule has 26 heavy (non-hydrogen) atoms. The van der Waals surface area contributed by atoms with Crippen molar-refractivity contribution in [2.75, 3.05) is 45.8 Å². The minimum atomic E-state index is -0.162. The van der Waals surface area contributed by atoms with Gasteiger partial charge < -0.3 is 19.9 Å². The van der Waals surface area contributed by atoms with Crippen molar-refractivity contribution in [1.82, 2.24) is 15.1 Å². The Morgan fingerprint density at radius 3 is 2.38 bits per heavy atom. The summed E-state index contributed by atoms with van der Waals surface area (Å²) in [5.41, 5.74) is 1.67. The number of carbonyl (C=O) groups is 1. The minimum absolute atomic E-state index is 0.162. The van der Waals surface area contributed by atoms with Crippen LogP contribution in [0.4, 0.5) is 4.79 Å². The normalized spacial score (nSPS) is 23.6. The summed E-state index contributed by atoms with van der Waals surface area (Å²) in [5, 5.41) is 3.44. The lowest BCUT2D eigenvalue weighted by Gasteiger charge is -2.49. The molecule has 4 rings (SSSR count). The summed E-state index contributed by atoms with van der Waals surface area (Å²) >= 11 is 0. The van der Waals surface area contributed by atoms with E-state index in [0.29, 0.717) is 12.0 Å². The minimum Gasteiger partial charge on any atom is -0.445 e. The van der Waals surface area contributed by atoms with Gasteiger partial charge >= 0.3 is 6.09 Å². The molecule has 0 bridgehead atoms. The quantitative estimate of drug-likeness (QED) is 0.900. The van der Waals surface area contributed by atoms with Crippen molar-refractivity contribution in [1.29, 1.82) is 0 Å². The Bertz CT molecular complexity index is 585. The topological polar surface area (TPSA) is 44.8 Å². The van der Waals surface area contributed by atoms with Crippen LogP contribution in [0.2, 0.25) is 0 Å². The Kier molecular flexibility index (Phi) is 5.46. The summed E-state index contributed by atoms with van der Waals surface area (Å²) < 4.78 is 5.47. The second kappa shape index (κ2) is 7.97. The average Bonchev–Trinajstić information content (AvgIpc) is 2.67. The van der Waals surface area contributed by atoms with Gasteiger partial charge in [-0.2, -0.15) is 0 Å². The standard InChI is InChI=1S/C21H31N3O2/c25-20(26-15-19-4-2-1-3-5-19)24-10-6-18(7-11-24)14-23-12-8-21(9-13-23)16-22-17-21/h1-5,18,22H,6-17H2. The van der Waals surface area contributed by atoms with Crippen LogP contribution in [-0.2, 0) is 11.3 Å². The first-order valence-electron chi connectivity index (χ1n) is 10.1. The van der Waals surface area contributed by atoms with E-state index < -0.39 is 0 Å². The Morgan fingerprint density at radius 2 is 1.77 bits per heavy atom. The van der Waals surface area contributed by atoms with Crippen molar-refractivity contribution in [3.63, 3.8) is 0 Å². The molecule has 3 aliphatic rings. The Morgan fingerprint density at radius 1 is 1.08 bits per heavy atom. The molecule has 1 amide bonds. The van der Waals surface area contributed by atoms with Gasteiger partial charge in [0.2, 0.25) is 0 Å². The van der Waals surface area contributed by atoms with E-state index in [1.807, 2.05) is 35.2 Å². The van der Waals surface area contributed by atoms with Crippen LogP contribution in [-0.4, -0.2) is 61.7 Å². The van der Waals surface area contributed by atoms with Gasteiger partial charge in [0.15, 0.2) is 0 Å². The highest BCUT2D eigenvalue weighted by molar-refractivity contribution is 5.67. The van der Waals surface area contributed by atoms with E-state index in [1.54, 1.807) is 0 Å². The molecule has 142 valence electrons. The van der Waals surface area contributed by atoms with E-state index in [9.17, 15) is 4.79 Å². The van der Waals surface area contributed by atoms with Crippen LogP contribution in [0.25, 0.3) is 0 Å². The maximum Gasteiger partial charge on any atom is 0.410 e. The lowest BCUT2D eigenvalue weighted by molar-refractivity contribution is 0.0386. The predicted molar refractivity (Wildman–Crippen MR) is 102 cm³/mol. The summed E-state index contributed by atoms with van der Waals surface area (Å²) in [4.78, 5) is 16.8. The molecule has 0 atom stereocenters. The molecule has 0 unspecified atom stereocenters. The average molecular weight is 357 g/mol. The fraction of sp³-hybridized carbons (Fsp3) is 0.667. The van der Waals surface area contributed by atoms with Gasteiger partial charge in [-0.3, -0.25) is 0 Å². The van der Waals surface area contributed by atoms with Crippen LogP contribution in [0.1, 0.15) is 31.2 Å². The number of carbonyl (C=O) groups excluding carboxylic acids is 1. The fourth-order valence-electron chi connectivity index (χ4n) is 4.52. The zero-order valence-electron chi connectivity index (χ0n) is 15.7. The number of hydrogen-bond acceptors (Lipinski definition) is 4. The molecular formula is C21H31N3O2. The molecule has 5 heteroatoms. The van der Waals surface area contributed by atoms with Crippen LogP contribution in [0.15, 0.2) is 30.3 Å². The molecular weight excluding hydrogens is 326 g/mol. The Balaban J connectivity index is 1.15. The monoisotopic (exact) mass is 357 g/mol. The van der Waals surface area contributed by atoms with E-state index in [2.05, 4.69) is 10.2 Å². The molecule has 1 aromatic carbocycles. The van der Waals surface area contributed by atoms with E-state index in [4.69, 9.17) is 4.74 Å². The van der Waals surface area contributed by atoms with Gasteiger partial charge in [0.1, 0.15) is 6.61 Å². The molecule has 0 aromatic heterocycles. The molecule has 0 radical (unpaired) electrons. The van der Waals surface area contributed by atoms with Crippen molar-refractivity contribution >= 4 is 6.09 Å². The van der Waals surface area contributed by atoms with Gasteiger partial charge in [-0.1, -0.05) is 30.3 Å². The van der Waals surface area contributed by atoms with E-state index in [1.165, 1.54) is 45.6 Å². The fourth-order valence-corrected chi connectivity index (χ4v) is 4.52. The summed E-state index contributed by atoms with van der Waals surface area (Å²) in [6, 6.07) is 9.89. The number of piperidine rings is 2.